The smallest absolute Gasteiger partial charge is 0.296 e. The topological polar surface area (TPSA) is 49.4 Å². The third kappa shape index (κ3) is 2.99. The van der Waals surface area contributed by atoms with Crippen LogP contribution in [0.2, 0.25) is 0 Å². The molecular formula is C12H12F3IN2O2. The molecule has 1 heterocycles. The molecule has 0 aromatic heterocycles. The maximum absolute atomic E-state index is 12.8. The number of carbonyl (C=O) groups excluding carboxylic acids is 2. The van der Waals surface area contributed by atoms with Crippen LogP contribution in [0.1, 0.15) is 13.3 Å². The van der Waals surface area contributed by atoms with Gasteiger partial charge in [-0.2, -0.15) is 13.2 Å². The molecule has 0 aromatic carbocycles. The van der Waals surface area contributed by atoms with Gasteiger partial charge in [-0.25, -0.2) is 4.79 Å². The molecule has 0 saturated carbocycles. The number of hydrogen-bond donors (Lipinski definition) is 1. The minimum absolute atomic E-state index is 0.0898. The van der Waals surface area contributed by atoms with Gasteiger partial charge >= 0.3 is 12.2 Å². The van der Waals surface area contributed by atoms with E-state index in [0.717, 1.165) is 12.2 Å². The molecule has 2 rings (SSSR count). The van der Waals surface area contributed by atoms with Crippen molar-refractivity contribution in [3.63, 3.8) is 0 Å². The Bertz CT molecular complexity index is 513. The predicted octanol–water partition coefficient (Wildman–Crippen LogP) is 2.75. The zero-order valence-corrected chi connectivity index (χ0v) is 12.7. The van der Waals surface area contributed by atoms with Crippen LogP contribution in [0, 0.1) is 5.92 Å². The second-order valence-corrected chi connectivity index (χ2v) is 6.24. The van der Waals surface area contributed by atoms with Gasteiger partial charge in [-0.3, -0.25) is 15.0 Å². The molecule has 3 amide bonds. The summed E-state index contributed by atoms with van der Waals surface area (Å²) in [5.41, 5.74) is -0.452. The fourth-order valence-corrected chi connectivity index (χ4v) is 2.68. The Morgan fingerprint density at radius 2 is 2.05 bits per heavy atom. The summed E-state index contributed by atoms with van der Waals surface area (Å²) in [5.74, 6) is -0.619. The quantitative estimate of drug-likeness (QED) is 0.544. The normalized spacial score (nSPS) is 27.9. The Kier molecular flexibility index (Phi) is 4.12. The van der Waals surface area contributed by atoms with Crippen LogP contribution in [0.15, 0.2) is 23.4 Å². The van der Waals surface area contributed by atoms with Gasteiger partial charge in [0.1, 0.15) is 3.92 Å². The van der Waals surface area contributed by atoms with Crippen LogP contribution in [-0.4, -0.2) is 33.5 Å². The van der Waals surface area contributed by atoms with Crippen molar-refractivity contribution in [2.75, 3.05) is 6.54 Å². The molecule has 8 heteroatoms. The van der Waals surface area contributed by atoms with E-state index < -0.39 is 27.6 Å². The lowest BCUT2D eigenvalue weighted by Crippen LogP contribution is -2.55. The summed E-state index contributed by atoms with van der Waals surface area (Å²) in [6.07, 6.45) is -2.10. The van der Waals surface area contributed by atoms with Crippen molar-refractivity contribution in [1.82, 2.24) is 10.2 Å². The summed E-state index contributed by atoms with van der Waals surface area (Å²) >= 11 is 1.86. The number of urea groups is 1. The highest BCUT2D eigenvalue weighted by atomic mass is 127. The summed E-state index contributed by atoms with van der Waals surface area (Å²) in [6, 6.07) is -0.663. The van der Waals surface area contributed by atoms with Crippen molar-refractivity contribution in [3.05, 3.63) is 23.4 Å². The maximum atomic E-state index is 12.8. The summed E-state index contributed by atoms with van der Waals surface area (Å²) in [6.45, 7) is 1.84. The van der Waals surface area contributed by atoms with E-state index in [0.29, 0.717) is 5.70 Å². The molecule has 110 valence electrons. The number of halogens is 4. The fraction of sp³-hybridized carbons (Fsp3) is 0.500. The van der Waals surface area contributed by atoms with Crippen molar-refractivity contribution in [1.29, 1.82) is 0 Å². The first-order valence-corrected chi connectivity index (χ1v) is 7.20. The molecule has 20 heavy (non-hydrogen) atoms. The zero-order chi connectivity index (χ0) is 15.1. The van der Waals surface area contributed by atoms with Crippen LogP contribution in [0.5, 0.6) is 0 Å². The Morgan fingerprint density at radius 1 is 1.40 bits per heavy atom. The van der Waals surface area contributed by atoms with Gasteiger partial charge in [-0.1, -0.05) is 35.6 Å². The van der Waals surface area contributed by atoms with Crippen LogP contribution in [0.3, 0.4) is 0 Å². The van der Waals surface area contributed by atoms with Gasteiger partial charge < -0.3 is 0 Å². The number of nitrogens with one attached hydrogen (secondary N) is 1. The first kappa shape index (κ1) is 15.3. The number of alkyl halides is 4. The van der Waals surface area contributed by atoms with Crippen molar-refractivity contribution in [3.8, 4) is 0 Å². The third-order valence-electron chi connectivity index (χ3n) is 3.24. The molecule has 2 unspecified atom stereocenters. The SMILES string of the molecule is CC1CC=C(C(F)(F)F)C=C1N1CC(I)C(=O)NC1=O. The van der Waals surface area contributed by atoms with Crippen molar-refractivity contribution < 1.29 is 22.8 Å². The van der Waals surface area contributed by atoms with Crippen molar-refractivity contribution >= 4 is 34.5 Å². The Morgan fingerprint density at radius 3 is 2.65 bits per heavy atom. The third-order valence-corrected chi connectivity index (χ3v) is 4.20. The summed E-state index contributed by atoms with van der Waals surface area (Å²) in [7, 11) is 0. The molecular weight excluding hydrogens is 388 g/mol. The molecule has 0 spiro atoms. The first-order chi connectivity index (χ1) is 9.20. The van der Waals surface area contributed by atoms with Crippen LogP contribution >= 0.6 is 22.6 Å². The van der Waals surface area contributed by atoms with E-state index in [4.69, 9.17) is 0 Å². The summed E-state index contributed by atoms with van der Waals surface area (Å²) < 4.78 is 37.8. The van der Waals surface area contributed by atoms with Gasteiger partial charge in [0.2, 0.25) is 5.91 Å². The first-order valence-electron chi connectivity index (χ1n) is 5.95. The Labute approximate surface area is 127 Å². The van der Waals surface area contributed by atoms with E-state index in [-0.39, 0.29) is 18.9 Å². The van der Waals surface area contributed by atoms with E-state index in [9.17, 15) is 22.8 Å². The lowest BCUT2D eigenvalue weighted by atomic mass is 9.93. The van der Waals surface area contributed by atoms with E-state index >= 15 is 0 Å². The van der Waals surface area contributed by atoms with Gasteiger partial charge in [0.25, 0.3) is 0 Å². The highest BCUT2D eigenvalue weighted by Crippen LogP contribution is 2.35. The van der Waals surface area contributed by atoms with Gasteiger partial charge in [0.05, 0.1) is 5.57 Å². The number of rotatable bonds is 1. The molecule has 2 aliphatic rings. The Hall–Kier alpha value is -1.06. The van der Waals surface area contributed by atoms with Gasteiger partial charge in [-0.15, -0.1) is 0 Å². The number of nitrogens with zero attached hydrogens (tertiary/aromatic N) is 1. The summed E-state index contributed by atoms with van der Waals surface area (Å²) in [5, 5.41) is 2.15. The zero-order valence-electron chi connectivity index (χ0n) is 10.5. The average molecular weight is 400 g/mol. The van der Waals surface area contributed by atoms with Crippen LogP contribution in [0.4, 0.5) is 18.0 Å². The number of hydrogen-bond acceptors (Lipinski definition) is 2. The molecule has 1 aliphatic carbocycles. The average Bonchev–Trinajstić information content (AvgIpc) is 2.33. The highest BCUT2D eigenvalue weighted by molar-refractivity contribution is 14.1. The van der Waals surface area contributed by atoms with Crippen LogP contribution in [0.25, 0.3) is 0 Å². The monoisotopic (exact) mass is 400 g/mol. The molecule has 1 N–H and O–H groups in total. The highest BCUT2D eigenvalue weighted by Gasteiger charge is 2.38. The minimum Gasteiger partial charge on any atom is -0.296 e. The molecule has 1 fully saturated rings. The maximum Gasteiger partial charge on any atom is 0.416 e. The standard InChI is InChI=1S/C12H12F3IN2O2/c1-6-2-3-7(12(13,14)15)4-9(6)18-5-8(16)10(19)17-11(18)20/h3-4,6,8H,2,5H2,1H3,(H,17,19,20). The molecule has 2 atom stereocenters. The van der Waals surface area contributed by atoms with E-state index in [1.165, 1.54) is 4.90 Å². The fourth-order valence-electron chi connectivity index (χ4n) is 2.13. The second kappa shape index (κ2) is 5.38. The second-order valence-electron chi connectivity index (χ2n) is 4.74. The van der Waals surface area contributed by atoms with Crippen molar-refractivity contribution in [2.45, 2.75) is 23.4 Å². The number of amides is 3. The van der Waals surface area contributed by atoms with Gasteiger partial charge in [0, 0.05) is 18.2 Å². The number of carbonyl (C=O) groups is 2. The molecule has 1 aliphatic heterocycles. The number of allylic oxidation sites excluding steroid dienone is 4. The van der Waals surface area contributed by atoms with Crippen LogP contribution < -0.4 is 5.32 Å². The van der Waals surface area contributed by atoms with Gasteiger partial charge in [-0.05, 0) is 12.5 Å². The Balaban J connectivity index is 2.30. The molecule has 4 nitrogen and oxygen atoms in total. The van der Waals surface area contributed by atoms with Crippen molar-refractivity contribution in [2.24, 2.45) is 5.92 Å². The molecule has 0 bridgehead atoms. The molecule has 0 aromatic rings. The van der Waals surface area contributed by atoms with E-state index in [1.807, 2.05) is 22.6 Å². The lowest BCUT2D eigenvalue weighted by molar-refractivity contribution is -0.120. The largest absolute Gasteiger partial charge is 0.416 e. The van der Waals surface area contributed by atoms with Gasteiger partial charge in [0.15, 0.2) is 0 Å². The number of imide groups is 1. The van der Waals surface area contributed by atoms with E-state index in [1.54, 1.807) is 6.92 Å². The molecule has 0 radical (unpaired) electrons. The minimum atomic E-state index is -4.43. The predicted molar refractivity (Wildman–Crippen MR) is 74.1 cm³/mol. The summed E-state index contributed by atoms with van der Waals surface area (Å²) in [4.78, 5) is 24.4. The van der Waals surface area contributed by atoms with E-state index in [2.05, 4.69) is 5.32 Å². The lowest BCUT2D eigenvalue weighted by Gasteiger charge is -2.35. The van der Waals surface area contributed by atoms with Crippen LogP contribution in [-0.2, 0) is 4.79 Å². The molecule has 1 saturated heterocycles.